The molecule has 0 aliphatic rings. The fraction of sp³-hybridized carbons (Fsp3) is 0.355. The molecule has 0 saturated heterocycles. The number of carbonyl (C=O) groups is 2. The van der Waals surface area contributed by atoms with Crippen LogP contribution in [-0.4, -0.2) is 58.0 Å². The number of amides is 2. The van der Waals surface area contributed by atoms with Gasteiger partial charge in [0.1, 0.15) is 24.1 Å². The maximum Gasteiger partial charge on any atom is 0.264 e. The van der Waals surface area contributed by atoms with E-state index >= 15 is 0 Å². The van der Waals surface area contributed by atoms with Crippen LogP contribution in [0.2, 0.25) is 0 Å². The van der Waals surface area contributed by atoms with Crippen LogP contribution in [-0.2, 0) is 26.2 Å². The predicted molar refractivity (Wildman–Crippen MR) is 160 cm³/mol. The zero-order valence-electron chi connectivity index (χ0n) is 24.1. The van der Waals surface area contributed by atoms with Gasteiger partial charge in [-0.05, 0) is 73.9 Å². The van der Waals surface area contributed by atoms with Gasteiger partial charge in [-0.15, -0.1) is 0 Å². The lowest BCUT2D eigenvalue weighted by Crippen LogP contribution is -2.52. The summed E-state index contributed by atoms with van der Waals surface area (Å²) in [5, 5.41) is 2.88. The topological polar surface area (TPSA) is 105 Å². The van der Waals surface area contributed by atoms with Crippen molar-refractivity contribution in [2.24, 2.45) is 0 Å². The second-order valence-corrected chi connectivity index (χ2v) is 11.2. The molecule has 1 atom stereocenters. The Morgan fingerprint density at radius 2 is 1.51 bits per heavy atom. The van der Waals surface area contributed by atoms with E-state index in [9.17, 15) is 18.0 Å². The Labute approximate surface area is 243 Å². The lowest BCUT2D eigenvalue weighted by atomic mass is 10.1. The van der Waals surface area contributed by atoms with Crippen LogP contribution in [0.3, 0.4) is 0 Å². The second kappa shape index (κ2) is 15.1. The SMILES string of the molecule is CCCNC(=O)C(CC)N(Cc1ccc(OC)cc1)C(=O)CN(c1ccc(OCC)cc1)S(=O)(=O)c1ccccc1. The highest BCUT2D eigenvalue weighted by molar-refractivity contribution is 7.92. The molecule has 0 bridgehead atoms. The van der Waals surface area contributed by atoms with E-state index in [0.29, 0.717) is 36.8 Å². The molecule has 0 radical (unpaired) electrons. The number of ether oxygens (including phenoxy) is 2. The van der Waals surface area contributed by atoms with E-state index in [1.165, 1.54) is 17.0 Å². The molecule has 0 fully saturated rings. The average Bonchev–Trinajstić information content (AvgIpc) is 3.00. The highest BCUT2D eigenvalue weighted by Crippen LogP contribution is 2.27. The van der Waals surface area contributed by atoms with Gasteiger partial charge in [0.15, 0.2) is 0 Å². The molecule has 220 valence electrons. The third-order valence-electron chi connectivity index (χ3n) is 6.49. The number of methoxy groups -OCH3 is 1. The molecule has 9 nitrogen and oxygen atoms in total. The summed E-state index contributed by atoms with van der Waals surface area (Å²) in [7, 11) is -2.56. The molecule has 1 unspecified atom stereocenters. The van der Waals surface area contributed by atoms with E-state index in [4.69, 9.17) is 9.47 Å². The highest BCUT2D eigenvalue weighted by atomic mass is 32.2. The van der Waals surface area contributed by atoms with Crippen molar-refractivity contribution < 1.29 is 27.5 Å². The zero-order chi connectivity index (χ0) is 29.8. The molecule has 2 amide bonds. The van der Waals surface area contributed by atoms with E-state index in [0.717, 1.165) is 16.3 Å². The summed E-state index contributed by atoms with van der Waals surface area (Å²) in [6, 6.07) is 20.9. The summed E-state index contributed by atoms with van der Waals surface area (Å²) >= 11 is 0. The second-order valence-electron chi connectivity index (χ2n) is 9.34. The van der Waals surface area contributed by atoms with Crippen LogP contribution >= 0.6 is 0 Å². The quantitative estimate of drug-likeness (QED) is 0.281. The standard InChI is InChI=1S/C31H39N3O6S/c1-5-21-32-31(36)29(6-2)33(22-24-13-17-26(39-4)18-14-24)30(35)23-34(25-15-19-27(20-16-25)40-7-3)41(37,38)28-11-9-8-10-12-28/h8-20,29H,5-7,21-23H2,1-4H3,(H,32,36). The monoisotopic (exact) mass is 581 g/mol. The zero-order valence-corrected chi connectivity index (χ0v) is 24.9. The lowest BCUT2D eigenvalue weighted by Gasteiger charge is -2.33. The lowest BCUT2D eigenvalue weighted by molar-refractivity contribution is -0.140. The summed E-state index contributed by atoms with van der Waals surface area (Å²) in [5.74, 6) is 0.455. The third-order valence-corrected chi connectivity index (χ3v) is 8.28. The molecule has 0 spiro atoms. The molecule has 3 aromatic carbocycles. The van der Waals surface area contributed by atoms with Crippen molar-refractivity contribution in [2.45, 2.75) is 51.1 Å². The van der Waals surface area contributed by atoms with Crippen molar-refractivity contribution in [1.29, 1.82) is 0 Å². The van der Waals surface area contributed by atoms with Gasteiger partial charge in [-0.25, -0.2) is 8.42 Å². The fourth-order valence-electron chi connectivity index (χ4n) is 4.34. The van der Waals surface area contributed by atoms with Crippen molar-refractivity contribution >= 4 is 27.5 Å². The Morgan fingerprint density at radius 1 is 0.878 bits per heavy atom. The first-order valence-corrected chi connectivity index (χ1v) is 15.2. The van der Waals surface area contributed by atoms with Gasteiger partial charge in [-0.3, -0.25) is 13.9 Å². The number of carbonyl (C=O) groups excluding carboxylic acids is 2. The fourth-order valence-corrected chi connectivity index (χ4v) is 5.77. The van der Waals surface area contributed by atoms with Gasteiger partial charge in [-0.1, -0.05) is 44.2 Å². The van der Waals surface area contributed by atoms with Gasteiger partial charge in [0, 0.05) is 13.1 Å². The number of sulfonamides is 1. The Hall–Kier alpha value is -4.05. The number of rotatable bonds is 15. The van der Waals surface area contributed by atoms with Crippen LogP contribution in [0, 0.1) is 0 Å². The molecule has 0 heterocycles. The molecule has 0 aromatic heterocycles. The number of anilines is 1. The van der Waals surface area contributed by atoms with Gasteiger partial charge in [0.25, 0.3) is 10.0 Å². The van der Waals surface area contributed by atoms with Crippen LogP contribution in [0.25, 0.3) is 0 Å². The van der Waals surface area contributed by atoms with Crippen LogP contribution in [0.15, 0.2) is 83.8 Å². The van der Waals surface area contributed by atoms with Crippen LogP contribution in [0.4, 0.5) is 5.69 Å². The summed E-state index contributed by atoms with van der Waals surface area (Å²) in [6.45, 7) is 6.18. The highest BCUT2D eigenvalue weighted by Gasteiger charge is 2.33. The summed E-state index contributed by atoms with van der Waals surface area (Å²) in [4.78, 5) is 28.7. The van der Waals surface area contributed by atoms with E-state index in [-0.39, 0.29) is 17.3 Å². The first-order chi connectivity index (χ1) is 19.7. The van der Waals surface area contributed by atoms with Gasteiger partial charge in [-0.2, -0.15) is 0 Å². The molecule has 0 saturated carbocycles. The molecule has 3 aromatic rings. The maximum atomic E-state index is 14.1. The minimum atomic E-state index is -4.13. The Kier molecular flexibility index (Phi) is 11.6. The first-order valence-electron chi connectivity index (χ1n) is 13.8. The first kappa shape index (κ1) is 31.5. The Morgan fingerprint density at radius 3 is 2.07 bits per heavy atom. The van der Waals surface area contributed by atoms with Crippen molar-refractivity contribution in [2.75, 3.05) is 31.1 Å². The van der Waals surface area contributed by atoms with E-state index in [1.807, 2.05) is 32.9 Å². The molecular weight excluding hydrogens is 542 g/mol. The van der Waals surface area contributed by atoms with Crippen molar-refractivity contribution in [3.8, 4) is 11.5 Å². The number of benzene rings is 3. The summed E-state index contributed by atoms with van der Waals surface area (Å²) in [6.07, 6.45) is 1.10. The van der Waals surface area contributed by atoms with Gasteiger partial charge in [0.05, 0.1) is 24.3 Å². The van der Waals surface area contributed by atoms with Crippen molar-refractivity contribution in [1.82, 2.24) is 10.2 Å². The third kappa shape index (κ3) is 8.23. The van der Waals surface area contributed by atoms with E-state index < -0.39 is 28.5 Å². The Bertz CT molecular complexity index is 1360. The normalized spacial score (nSPS) is 11.8. The van der Waals surface area contributed by atoms with Crippen molar-refractivity contribution in [3.05, 3.63) is 84.4 Å². The van der Waals surface area contributed by atoms with Crippen LogP contribution in [0.1, 0.15) is 39.2 Å². The predicted octanol–water partition coefficient (Wildman–Crippen LogP) is 4.62. The molecule has 1 N–H and O–H groups in total. The maximum absolute atomic E-state index is 14.1. The summed E-state index contributed by atoms with van der Waals surface area (Å²) < 4.78 is 39.6. The number of hydrogen-bond donors (Lipinski definition) is 1. The van der Waals surface area contributed by atoms with Gasteiger partial charge >= 0.3 is 0 Å². The molecule has 0 aliphatic heterocycles. The minimum Gasteiger partial charge on any atom is -0.497 e. The Balaban J connectivity index is 2.03. The largest absolute Gasteiger partial charge is 0.497 e. The van der Waals surface area contributed by atoms with Gasteiger partial charge < -0.3 is 19.7 Å². The van der Waals surface area contributed by atoms with Crippen LogP contribution in [0.5, 0.6) is 11.5 Å². The minimum absolute atomic E-state index is 0.0520. The van der Waals surface area contributed by atoms with Gasteiger partial charge in [0.2, 0.25) is 11.8 Å². The van der Waals surface area contributed by atoms with Crippen LogP contribution < -0.4 is 19.1 Å². The molecule has 41 heavy (non-hydrogen) atoms. The summed E-state index contributed by atoms with van der Waals surface area (Å²) in [5.41, 5.74) is 1.08. The average molecular weight is 582 g/mol. The molecule has 3 rings (SSSR count). The molecule has 0 aliphatic carbocycles. The van der Waals surface area contributed by atoms with E-state index in [1.54, 1.807) is 61.7 Å². The van der Waals surface area contributed by atoms with E-state index in [2.05, 4.69) is 5.32 Å². The molecule has 10 heteroatoms. The van der Waals surface area contributed by atoms with Crippen molar-refractivity contribution in [3.63, 3.8) is 0 Å². The number of nitrogens with zero attached hydrogens (tertiary/aromatic N) is 2. The number of nitrogens with one attached hydrogen (secondary N) is 1. The molecular formula is C31H39N3O6S. The number of hydrogen-bond acceptors (Lipinski definition) is 6. The smallest absolute Gasteiger partial charge is 0.264 e.